The monoisotopic (exact) mass is 369 g/mol. The van der Waals surface area contributed by atoms with Gasteiger partial charge in [0.2, 0.25) is 5.91 Å². The molecule has 1 fully saturated rings. The molecule has 0 aliphatic carbocycles. The highest BCUT2D eigenvalue weighted by Gasteiger charge is 2.28. The van der Waals surface area contributed by atoms with E-state index in [4.69, 9.17) is 4.42 Å². The highest BCUT2D eigenvalue weighted by atomic mass is 32.1. The Hall–Kier alpha value is -2.67. The fraction of sp³-hybridized carbons (Fsp3) is 0.316. The first kappa shape index (κ1) is 16.8. The normalized spacial score (nSPS) is 15.3. The van der Waals surface area contributed by atoms with Crippen LogP contribution >= 0.6 is 11.3 Å². The standard InChI is InChI=1S/C19H19N3O3S/c1-12-3-2-4-15-16(12)20-19(26-15)21-17(23)13-5-8-22(9-6-13)18(24)14-7-10-25-11-14/h2-4,7,10-11,13H,5-6,8-9H2,1H3,(H,20,21,23). The first-order chi connectivity index (χ1) is 12.6. The average Bonchev–Trinajstić information content (AvgIpc) is 3.31. The van der Waals surface area contributed by atoms with E-state index < -0.39 is 0 Å². The summed E-state index contributed by atoms with van der Waals surface area (Å²) in [6.07, 6.45) is 4.25. The van der Waals surface area contributed by atoms with Gasteiger partial charge in [-0.05, 0) is 37.5 Å². The van der Waals surface area contributed by atoms with Gasteiger partial charge in [-0.15, -0.1) is 0 Å². The minimum atomic E-state index is -0.100. The van der Waals surface area contributed by atoms with E-state index in [2.05, 4.69) is 10.3 Å². The highest BCUT2D eigenvalue weighted by Crippen LogP contribution is 2.29. The molecule has 2 aromatic heterocycles. The summed E-state index contributed by atoms with van der Waals surface area (Å²) in [4.78, 5) is 31.2. The van der Waals surface area contributed by atoms with Crippen molar-refractivity contribution in [3.8, 4) is 0 Å². The Morgan fingerprint density at radius 2 is 2.08 bits per heavy atom. The topological polar surface area (TPSA) is 75.4 Å². The Labute approximate surface area is 154 Å². The van der Waals surface area contributed by atoms with Gasteiger partial charge in [-0.1, -0.05) is 23.5 Å². The number of amides is 2. The van der Waals surface area contributed by atoms with Gasteiger partial charge in [-0.25, -0.2) is 4.98 Å². The Morgan fingerprint density at radius 3 is 2.77 bits per heavy atom. The number of rotatable bonds is 3. The summed E-state index contributed by atoms with van der Waals surface area (Å²) in [6.45, 7) is 3.16. The lowest BCUT2D eigenvalue weighted by Gasteiger charge is -2.30. The number of furan rings is 1. The molecule has 0 radical (unpaired) electrons. The van der Waals surface area contributed by atoms with Gasteiger partial charge in [-0.3, -0.25) is 9.59 Å². The summed E-state index contributed by atoms with van der Waals surface area (Å²) in [5, 5.41) is 3.59. The Balaban J connectivity index is 1.37. The van der Waals surface area contributed by atoms with Crippen LogP contribution in [0.25, 0.3) is 10.2 Å². The van der Waals surface area contributed by atoms with Gasteiger partial charge in [0.1, 0.15) is 6.26 Å². The van der Waals surface area contributed by atoms with Crippen molar-refractivity contribution in [1.29, 1.82) is 0 Å². The van der Waals surface area contributed by atoms with Crippen LogP contribution < -0.4 is 5.32 Å². The summed E-state index contributed by atoms with van der Waals surface area (Å²) < 4.78 is 6.04. The van der Waals surface area contributed by atoms with Crippen LogP contribution in [-0.4, -0.2) is 34.8 Å². The number of aryl methyl sites for hydroxylation is 1. The first-order valence-electron chi connectivity index (χ1n) is 8.60. The summed E-state index contributed by atoms with van der Waals surface area (Å²) in [7, 11) is 0. The predicted octanol–water partition coefficient (Wildman–Crippen LogP) is 3.69. The summed E-state index contributed by atoms with van der Waals surface area (Å²) in [5.41, 5.74) is 2.59. The molecule has 3 aromatic rings. The second-order valence-corrected chi connectivity index (χ2v) is 7.54. The van der Waals surface area contributed by atoms with Crippen molar-refractivity contribution < 1.29 is 14.0 Å². The number of likely N-dealkylation sites (tertiary alicyclic amines) is 1. The minimum absolute atomic E-state index is 0.0166. The van der Waals surface area contributed by atoms with Crippen LogP contribution in [0.15, 0.2) is 41.2 Å². The van der Waals surface area contributed by atoms with Crippen molar-refractivity contribution >= 4 is 38.5 Å². The van der Waals surface area contributed by atoms with Crippen molar-refractivity contribution in [2.45, 2.75) is 19.8 Å². The number of aromatic nitrogens is 1. The number of carbonyl (C=O) groups is 2. The van der Waals surface area contributed by atoms with Gasteiger partial charge in [0.15, 0.2) is 5.13 Å². The lowest BCUT2D eigenvalue weighted by atomic mass is 9.95. The quantitative estimate of drug-likeness (QED) is 0.764. The Morgan fingerprint density at radius 1 is 1.27 bits per heavy atom. The molecule has 0 unspecified atom stereocenters. The van der Waals surface area contributed by atoms with E-state index in [1.165, 1.54) is 23.9 Å². The second-order valence-electron chi connectivity index (χ2n) is 6.51. The third kappa shape index (κ3) is 3.22. The maximum Gasteiger partial charge on any atom is 0.257 e. The van der Waals surface area contributed by atoms with Gasteiger partial charge in [0.05, 0.1) is 22.0 Å². The zero-order chi connectivity index (χ0) is 18.1. The molecule has 1 aliphatic rings. The largest absolute Gasteiger partial charge is 0.472 e. The van der Waals surface area contributed by atoms with E-state index in [1.807, 2.05) is 25.1 Å². The zero-order valence-corrected chi connectivity index (χ0v) is 15.2. The molecule has 26 heavy (non-hydrogen) atoms. The molecular weight excluding hydrogens is 350 g/mol. The number of carbonyl (C=O) groups excluding carboxylic acids is 2. The number of para-hydroxylation sites is 1. The van der Waals surface area contributed by atoms with Gasteiger partial charge in [0.25, 0.3) is 5.91 Å². The molecule has 6 nitrogen and oxygen atoms in total. The third-order valence-corrected chi connectivity index (χ3v) is 5.71. The number of piperidine rings is 1. The van der Waals surface area contributed by atoms with Crippen molar-refractivity contribution in [3.05, 3.63) is 47.9 Å². The molecule has 1 N–H and O–H groups in total. The van der Waals surface area contributed by atoms with Gasteiger partial charge >= 0.3 is 0 Å². The highest BCUT2D eigenvalue weighted by molar-refractivity contribution is 7.22. The van der Waals surface area contributed by atoms with E-state index in [0.29, 0.717) is 36.6 Å². The third-order valence-electron chi connectivity index (χ3n) is 4.77. The Bertz CT molecular complexity index is 940. The molecule has 3 heterocycles. The lowest BCUT2D eigenvalue weighted by Crippen LogP contribution is -2.41. The van der Waals surface area contributed by atoms with E-state index in [1.54, 1.807) is 11.0 Å². The lowest BCUT2D eigenvalue weighted by molar-refractivity contribution is -0.121. The van der Waals surface area contributed by atoms with Crippen LogP contribution in [0.1, 0.15) is 28.8 Å². The minimum Gasteiger partial charge on any atom is -0.472 e. The van der Waals surface area contributed by atoms with Gasteiger partial charge in [0, 0.05) is 19.0 Å². The van der Waals surface area contributed by atoms with Crippen molar-refractivity contribution in [2.24, 2.45) is 5.92 Å². The van der Waals surface area contributed by atoms with E-state index in [9.17, 15) is 9.59 Å². The van der Waals surface area contributed by atoms with Crippen LogP contribution in [0.5, 0.6) is 0 Å². The molecule has 2 amide bonds. The van der Waals surface area contributed by atoms with Gasteiger partial charge in [-0.2, -0.15) is 0 Å². The summed E-state index contributed by atoms with van der Waals surface area (Å²) >= 11 is 1.49. The number of anilines is 1. The molecule has 0 atom stereocenters. The smallest absolute Gasteiger partial charge is 0.257 e. The van der Waals surface area contributed by atoms with Crippen LogP contribution in [0, 0.1) is 12.8 Å². The van der Waals surface area contributed by atoms with Crippen LogP contribution in [0.3, 0.4) is 0 Å². The van der Waals surface area contributed by atoms with Crippen molar-refractivity contribution in [3.63, 3.8) is 0 Å². The maximum atomic E-state index is 12.6. The second kappa shape index (κ2) is 6.92. The molecule has 1 saturated heterocycles. The first-order valence-corrected chi connectivity index (χ1v) is 9.42. The number of thiazole rings is 1. The molecule has 4 rings (SSSR count). The SMILES string of the molecule is Cc1cccc2sc(NC(=O)C3CCN(C(=O)c4ccoc4)CC3)nc12. The number of benzene rings is 1. The molecule has 134 valence electrons. The molecule has 0 bridgehead atoms. The van der Waals surface area contributed by atoms with E-state index in [0.717, 1.165) is 15.8 Å². The summed E-state index contributed by atoms with van der Waals surface area (Å²) in [5.74, 6) is -0.159. The molecular formula is C19H19N3O3S. The molecule has 7 heteroatoms. The van der Waals surface area contributed by atoms with Crippen LogP contribution in [0.4, 0.5) is 5.13 Å². The maximum absolute atomic E-state index is 12.6. The number of nitrogens with zero attached hydrogens (tertiary/aromatic N) is 2. The summed E-state index contributed by atoms with van der Waals surface area (Å²) in [6, 6.07) is 7.68. The number of hydrogen-bond donors (Lipinski definition) is 1. The number of hydrogen-bond acceptors (Lipinski definition) is 5. The van der Waals surface area contributed by atoms with Crippen LogP contribution in [-0.2, 0) is 4.79 Å². The fourth-order valence-corrected chi connectivity index (χ4v) is 4.21. The fourth-order valence-electron chi connectivity index (χ4n) is 3.26. The van der Waals surface area contributed by atoms with E-state index in [-0.39, 0.29) is 17.7 Å². The number of nitrogens with one attached hydrogen (secondary N) is 1. The van der Waals surface area contributed by atoms with Crippen molar-refractivity contribution in [1.82, 2.24) is 9.88 Å². The molecule has 0 saturated carbocycles. The predicted molar refractivity (Wildman–Crippen MR) is 100 cm³/mol. The Kier molecular flexibility index (Phi) is 4.46. The number of fused-ring (bicyclic) bond motifs is 1. The van der Waals surface area contributed by atoms with Crippen LogP contribution in [0.2, 0.25) is 0 Å². The molecule has 1 aromatic carbocycles. The molecule has 0 spiro atoms. The zero-order valence-electron chi connectivity index (χ0n) is 14.4. The van der Waals surface area contributed by atoms with Crippen molar-refractivity contribution in [2.75, 3.05) is 18.4 Å². The van der Waals surface area contributed by atoms with Gasteiger partial charge < -0.3 is 14.6 Å². The average molecular weight is 369 g/mol. The van der Waals surface area contributed by atoms with E-state index >= 15 is 0 Å². The molecule has 1 aliphatic heterocycles.